The Morgan fingerprint density at radius 1 is 1.53 bits per heavy atom. The Balaban J connectivity index is 2.07. The van der Waals surface area contributed by atoms with Crippen molar-refractivity contribution in [3.8, 4) is 0 Å². The molecule has 80 valence electrons. The summed E-state index contributed by atoms with van der Waals surface area (Å²) in [6.45, 7) is 3.26. The number of amides is 1. The van der Waals surface area contributed by atoms with Gasteiger partial charge in [0.25, 0.3) is 5.91 Å². The first-order chi connectivity index (χ1) is 7.16. The van der Waals surface area contributed by atoms with E-state index in [2.05, 4.69) is 10.6 Å². The molecule has 0 saturated carbocycles. The summed E-state index contributed by atoms with van der Waals surface area (Å²) in [5.74, 6) is -0.546. The second kappa shape index (κ2) is 3.98. The van der Waals surface area contributed by atoms with Gasteiger partial charge in [-0.3, -0.25) is 4.79 Å². The minimum absolute atomic E-state index is 0.182. The van der Waals surface area contributed by atoms with Crippen molar-refractivity contribution in [3.05, 3.63) is 35.1 Å². The highest BCUT2D eigenvalue weighted by Crippen LogP contribution is 2.09. The summed E-state index contributed by atoms with van der Waals surface area (Å²) in [5, 5.41) is 5.86. The van der Waals surface area contributed by atoms with E-state index in [4.69, 9.17) is 0 Å². The van der Waals surface area contributed by atoms with E-state index < -0.39 is 0 Å². The molecule has 15 heavy (non-hydrogen) atoms. The lowest BCUT2D eigenvalue weighted by atomic mass is 10.1. The van der Waals surface area contributed by atoms with Crippen molar-refractivity contribution in [2.45, 2.75) is 13.0 Å². The average molecular weight is 208 g/mol. The summed E-state index contributed by atoms with van der Waals surface area (Å²) in [4.78, 5) is 11.6. The molecule has 1 aliphatic heterocycles. The van der Waals surface area contributed by atoms with Crippen LogP contribution in [0.3, 0.4) is 0 Å². The molecule has 0 atom stereocenters. The molecule has 0 aromatic heterocycles. The number of rotatable bonds is 2. The molecule has 1 fully saturated rings. The van der Waals surface area contributed by atoms with E-state index in [0.29, 0.717) is 11.1 Å². The van der Waals surface area contributed by atoms with E-state index in [-0.39, 0.29) is 17.8 Å². The SMILES string of the molecule is Cc1ccc(C(=O)NC2CNC2)cc1F. The molecule has 0 spiro atoms. The molecular formula is C11H13FN2O. The van der Waals surface area contributed by atoms with Gasteiger partial charge >= 0.3 is 0 Å². The summed E-state index contributed by atoms with van der Waals surface area (Å²) in [6, 6.07) is 4.71. The first-order valence-electron chi connectivity index (χ1n) is 4.94. The molecule has 1 aromatic rings. The van der Waals surface area contributed by atoms with Gasteiger partial charge in [-0.05, 0) is 24.6 Å². The number of carbonyl (C=O) groups is 1. The molecule has 0 radical (unpaired) electrons. The summed E-state index contributed by atoms with van der Waals surface area (Å²) < 4.78 is 13.2. The normalized spacial score (nSPS) is 15.9. The van der Waals surface area contributed by atoms with Gasteiger partial charge in [-0.15, -0.1) is 0 Å². The maximum absolute atomic E-state index is 13.2. The quantitative estimate of drug-likeness (QED) is 0.756. The molecule has 0 unspecified atom stereocenters. The molecule has 0 aliphatic carbocycles. The van der Waals surface area contributed by atoms with E-state index in [0.717, 1.165) is 13.1 Å². The lowest BCUT2D eigenvalue weighted by Crippen LogP contribution is -2.56. The molecule has 1 aliphatic rings. The highest BCUT2D eigenvalue weighted by atomic mass is 19.1. The Labute approximate surface area is 87.7 Å². The zero-order chi connectivity index (χ0) is 10.8. The van der Waals surface area contributed by atoms with Crippen LogP contribution in [-0.4, -0.2) is 25.0 Å². The fraction of sp³-hybridized carbons (Fsp3) is 0.364. The van der Waals surface area contributed by atoms with Gasteiger partial charge in [-0.2, -0.15) is 0 Å². The van der Waals surface area contributed by atoms with Crippen LogP contribution in [0, 0.1) is 12.7 Å². The average Bonchev–Trinajstić information content (AvgIpc) is 2.15. The molecular weight excluding hydrogens is 195 g/mol. The van der Waals surface area contributed by atoms with Gasteiger partial charge in [-0.25, -0.2) is 4.39 Å². The maximum atomic E-state index is 13.2. The number of benzene rings is 1. The largest absolute Gasteiger partial charge is 0.347 e. The molecule has 3 nitrogen and oxygen atoms in total. The van der Waals surface area contributed by atoms with Crippen LogP contribution in [0.25, 0.3) is 0 Å². The lowest BCUT2D eigenvalue weighted by Gasteiger charge is -2.27. The van der Waals surface area contributed by atoms with Crippen LogP contribution in [0.2, 0.25) is 0 Å². The molecule has 1 aromatic carbocycles. The van der Waals surface area contributed by atoms with E-state index in [9.17, 15) is 9.18 Å². The fourth-order valence-electron chi connectivity index (χ4n) is 1.39. The zero-order valence-electron chi connectivity index (χ0n) is 8.51. The van der Waals surface area contributed by atoms with Gasteiger partial charge in [0.2, 0.25) is 0 Å². The van der Waals surface area contributed by atoms with Crippen LogP contribution < -0.4 is 10.6 Å². The molecule has 2 N–H and O–H groups in total. The number of nitrogens with one attached hydrogen (secondary N) is 2. The molecule has 2 rings (SSSR count). The molecule has 1 heterocycles. The second-order valence-electron chi connectivity index (χ2n) is 3.79. The molecule has 1 saturated heterocycles. The van der Waals surface area contributed by atoms with Crippen molar-refractivity contribution < 1.29 is 9.18 Å². The molecule has 4 heteroatoms. The van der Waals surface area contributed by atoms with E-state index in [1.165, 1.54) is 6.07 Å². The molecule has 1 amide bonds. The van der Waals surface area contributed by atoms with Gasteiger partial charge in [0.05, 0.1) is 6.04 Å². The third-order valence-corrected chi connectivity index (χ3v) is 2.55. The molecule has 0 bridgehead atoms. The van der Waals surface area contributed by atoms with Gasteiger partial charge in [0, 0.05) is 18.7 Å². The standard InChI is InChI=1S/C11H13FN2O/c1-7-2-3-8(4-10(7)12)11(15)14-9-5-13-6-9/h2-4,9,13H,5-6H2,1H3,(H,14,15). The Morgan fingerprint density at radius 3 is 2.80 bits per heavy atom. The highest BCUT2D eigenvalue weighted by Gasteiger charge is 2.19. The smallest absolute Gasteiger partial charge is 0.251 e. The lowest BCUT2D eigenvalue weighted by molar-refractivity contribution is 0.0923. The van der Waals surface area contributed by atoms with Crippen LogP contribution in [0.4, 0.5) is 4.39 Å². The number of hydrogen-bond acceptors (Lipinski definition) is 2. The van der Waals surface area contributed by atoms with Crippen molar-refractivity contribution in [1.82, 2.24) is 10.6 Å². The van der Waals surface area contributed by atoms with Crippen LogP contribution >= 0.6 is 0 Å². The van der Waals surface area contributed by atoms with Gasteiger partial charge in [-0.1, -0.05) is 6.07 Å². The Kier molecular flexibility index (Phi) is 2.68. The summed E-state index contributed by atoms with van der Waals surface area (Å²) in [6.07, 6.45) is 0. The van der Waals surface area contributed by atoms with Gasteiger partial charge < -0.3 is 10.6 Å². The van der Waals surface area contributed by atoms with Gasteiger partial charge in [0.1, 0.15) is 5.82 Å². The monoisotopic (exact) mass is 208 g/mol. The third kappa shape index (κ3) is 2.15. The van der Waals surface area contributed by atoms with Crippen molar-refractivity contribution in [3.63, 3.8) is 0 Å². The van der Waals surface area contributed by atoms with Crippen molar-refractivity contribution >= 4 is 5.91 Å². The first-order valence-corrected chi connectivity index (χ1v) is 4.94. The topological polar surface area (TPSA) is 41.1 Å². The fourth-order valence-corrected chi connectivity index (χ4v) is 1.39. The van der Waals surface area contributed by atoms with E-state index >= 15 is 0 Å². The predicted octanol–water partition coefficient (Wildman–Crippen LogP) is 0.836. The number of hydrogen-bond donors (Lipinski definition) is 2. The minimum atomic E-state index is -0.339. The highest BCUT2D eigenvalue weighted by molar-refractivity contribution is 5.94. The minimum Gasteiger partial charge on any atom is -0.347 e. The summed E-state index contributed by atoms with van der Waals surface area (Å²) in [5.41, 5.74) is 0.932. The van der Waals surface area contributed by atoms with Crippen molar-refractivity contribution in [2.24, 2.45) is 0 Å². The van der Waals surface area contributed by atoms with Gasteiger partial charge in [0.15, 0.2) is 0 Å². The Hall–Kier alpha value is -1.42. The summed E-state index contributed by atoms with van der Waals surface area (Å²) >= 11 is 0. The van der Waals surface area contributed by atoms with Crippen LogP contribution in [0.15, 0.2) is 18.2 Å². The predicted molar refractivity (Wildman–Crippen MR) is 55.3 cm³/mol. The van der Waals surface area contributed by atoms with E-state index in [1.807, 2.05) is 0 Å². The number of aryl methyl sites for hydroxylation is 1. The van der Waals surface area contributed by atoms with E-state index in [1.54, 1.807) is 19.1 Å². The third-order valence-electron chi connectivity index (χ3n) is 2.55. The number of carbonyl (C=O) groups excluding carboxylic acids is 1. The first kappa shape index (κ1) is 10.1. The van der Waals surface area contributed by atoms with Crippen molar-refractivity contribution in [1.29, 1.82) is 0 Å². The second-order valence-corrected chi connectivity index (χ2v) is 3.79. The van der Waals surface area contributed by atoms with Crippen LogP contribution in [0.1, 0.15) is 15.9 Å². The van der Waals surface area contributed by atoms with Crippen LogP contribution in [-0.2, 0) is 0 Å². The van der Waals surface area contributed by atoms with Crippen molar-refractivity contribution in [2.75, 3.05) is 13.1 Å². The Morgan fingerprint density at radius 2 is 2.27 bits per heavy atom. The number of halogens is 1. The Bertz CT molecular complexity index is 388. The summed E-state index contributed by atoms with van der Waals surface area (Å²) in [7, 11) is 0. The zero-order valence-corrected chi connectivity index (χ0v) is 8.51. The maximum Gasteiger partial charge on any atom is 0.251 e. The van der Waals surface area contributed by atoms with Crippen LogP contribution in [0.5, 0.6) is 0 Å².